The van der Waals surface area contributed by atoms with Gasteiger partial charge in [0.05, 0.1) is 6.54 Å². The van der Waals surface area contributed by atoms with Crippen molar-refractivity contribution in [2.24, 2.45) is 0 Å². The number of hydrogen-bond donors (Lipinski definition) is 1. The number of anilines is 1. The van der Waals surface area contributed by atoms with E-state index >= 15 is 0 Å². The molecule has 19 heavy (non-hydrogen) atoms. The van der Waals surface area contributed by atoms with Crippen LogP contribution < -0.4 is 16.0 Å². The van der Waals surface area contributed by atoms with Crippen molar-refractivity contribution in [2.45, 2.75) is 13.5 Å². The van der Waals surface area contributed by atoms with Crippen molar-refractivity contribution < 1.29 is 4.74 Å². The fourth-order valence-corrected chi connectivity index (χ4v) is 2.13. The van der Waals surface area contributed by atoms with Gasteiger partial charge in [-0.1, -0.05) is 6.07 Å². The first-order chi connectivity index (χ1) is 9.08. The predicted octanol–water partition coefficient (Wildman–Crippen LogP) is 2.58. The summed E-state index contributed by atoms with van der Waals surface area (Å²) in [5, 5.41) is 0. The molecule has 4 nitrogen and oxygen atoms in total. The van der Waals surface area contributed by atoms with Crippen LogP contribution in [0.3, 0.4) is 0 Å². The maximum Gasteiger partial charge on any atom is 0.250 e. The van der Waals surface area contributed by atoms with Crippen molar-refractivity contribution in [2.75, 3.05) is 12.3 Å². The fourth-order valence-electron chi connectivity index (χ4n) is 1.79. The summed E-state index contributed by atoms with van der Waals surface area (Å²) in [7, 11) is 0. The minimum atomic E-state index is -0.0307. The number of nitrogens with zero attached hydrogens (tertiary/aromatic N) is 1. The van der Waals surface area contributed by atoms with Crippen molar-refractivity contribution in [3.05, 3.63) is 56.9 Å². The van der Waals surface area contributed by atoms with E-state index in [1.165, 1.54) is 6.07 Å². The first-order valence-corrected chi connectivity index (χ1v) is 6.71. The van der Waals surface area contributed by atoms with Crippen LogP contribution in [-0.4, -0.2) is 11.2 Å². The van der Waals surface area contributed by atoms with Crippen LogP contribution in [0, 0.1) is 6.92 Å². The molecule has 1 heterocycles. The molecule has 0 aliphatic carbocycles. The molecule has 2 rings (SSSR count). The van der Waals surface area contributed by atoms with Gasteiger partial charge >= 0.3 is 0 Å². The Balaban J connectivity index is 2.04. The highest BCUT2D eigenvalue weighted by Gasteiger charge is 2.04. The third kappa shape index (κ3) is 3.38. The number of pyridine rings is 1. The van der Waals surface area contributed by atoms with E-state index in [0.29, 0.717) is 24.6 Å². The van der Waals surface area contributed by atoms with Crippen LogP contribution in [0.2, 0.25) is 0 Å². The molecule has 100 valence electrons. The Labute approximate surface area is 119 Å². The molecule has 0 spiro atoms. The van der Waals surface area contributed by atoms with Gasteiger partial charge in [-0.3, -0.25) is 4.79 Å². The van der Waals surface area contributed by atoms with Crippen LogP contribution >= 0.6 is 15.9 Å². The summed E-state index contributed by atoms with van der Waals surface area (Å²) in [5.74, 6) is 0.709. The Kier molecular flexibility index (Phi) is 4.27. The van der Waals surface area contributed by atoms with E-state index in [1.54, 1.807) is 22.8 Å². The third-order valence-corrected chi connectivity index (χ3v) is 3.67. The van der Waals surface area contributed by atoms with Crippen molar-refractivity contribution in [1.82, 2.24) is 4.57 Å². The number of nitrogen functional groups attached to an aromatic ring is 1. The van der Waals surface area contributed by atoms with E-state index in [-0.39, 0.29) is 5.56 Å². The van der Waals surface area contributed by atoms with E-state index in [9.17, 15) is 4.79 Å². The number of hydrogen-bond acceptors (Lipinski definition) is 3. The zero-order valence-electron chi connectivity index (χ0n) is 10.6. The average molecular weight is 323 g/mol. The second kappa shape index (κ2) is 5.93. The van der Waals surface area contributed by atoms with E-state index < -0.39 is 0 Å². The topological polar surface area (TPSA) is 57.2 Å². The lowest BCUT2D eigenvalue weighted by Gasteiger charge is -2.12. The lowest BCUT2D eigenvalue weighted by atomic mass is 10.3. The van der Waals surface area contributed by atoms with Gasteiger partial charge < -0.3 is 15.0 Å². The molecule has 0 fully saturated rings. The maximum atomic E-state index is 11.8. The van der Waals surface area contributed by atoms with Gasteiger partial charge in [-0.2, -0.15) is 0 Å². The molecule has 2 N–H and O–H groups in total. The Morgan fingerprint density at radius 2 is 2.11 bits per heavy atom. The Bertz CT molecular complexity index is 638. The molecule has 5 heteroatoms. The van der Waals surface area contributed by atoms with Crippen molar-refractivity contribution in [3.63, 3.8) is 0 Å². The number of ether oxygens (including phenoxy) is 1. The van der Waals surface area contributed by atoms with Gasteiger partial charge in [-0.05, 0) is 41.1 Å². The highest BCUT2D eigenvalue weighted by Crippen LogP contribution is 2.15. The lowest BCUT2D eigenvalue weighted by Crippen LogP contribution is -2.24. The molecule has 0 radical (unpaired) electrons. The normalized spacial score (nSPS) is 10.4. The third-order valence-electron chi connectivity index (χ3n) is 2.83. The lowest BCUT2D eigenvalue weighted by molar-refractivity contribution is 0.295. The highest BCUT2D eigenvalue weighted by atomic mass is 79.9. The standard InChI is InChI=1S/C14H15BrN2O2/c1-10-13(15)5-6-14(18)17(10)7-8-19-12-4-2-3-11(16)9-12/h2-6,9H,7-8,16H2,1H3. The number of aromatic nitrogens is 1. The van der Waals surface area contributed by atoms with Crippen molar-refractivity contribution in [3.8, 4) is 5.75 Å². The quantitative estimate of drug-likeness (QED) is 0.880. The second-order valence-corrected chi connectivity index (χ2v) is 5.03. The molecular weight excluding hydrogens is 308 g/mol. The zero-order valence-corrected chi connectivity index (χ0v) is 12.2. The Morgan fingerprint density at radius 1 is 1.32 bits per heavy atom. The first-order valence-electron chi connectivity index (χ1n) is 5.92. The van der Waals surface area contributed by atoms with E-state index in [4.69, 9.17) is 10.5 Å². The molecule has 0 aliphatic heterocycles. The monoisotopic (exact) mass is 322 g/mol. The molecule has 0 saturated heterocycles. The predicted molar refractivity (Wildman–Crippen MR) is 79.5 cm³/mol. The van der Waals surface area contributed by atoms with E-state index in [0.717, 1.165) is 10.2 Å². The molecular formula is C14H15BrN2O2. The van der Waals surface area contributed by atoms with Gasteiger partial charge in [0.2, 0.25) is 0 Å². The van der Waals surface area contributed by atoms with Crippen molar-refractivity contribution in [1.29, 1.82) is 0 Å². The van der Waals surface area contributed by atoms with Crippen LogP contribution in [0.15, 0.2) is 45.7 Å². The largest absolute Gasteiger partial charge is 0.492 e. The summed E-state index contributed by atoms with van der Waals surface area (Å²) in [6.07, 6.45) is 0. The number of rotatable bonds is 4. The van der Waals surface area contributed by atoms with Gasteiger partial charge in [-0.15, -0.1) is 0 Å². The van der Waals surface area contributed by atoms with E-state index in [2.05, 4.69) is 15.9 Å². The van der Waals surface area contributed by atoms with Crippen LogP contribution in [-0.2, 0) is 6.54 Å². The highest BCUT2D eigenvalue weighted by molar-refractivity contribution is 9.10. The summed E-state index contributed by atoms with van der Waals surface area (Å²) < 4.78 is 8.18. The number of nitrogens with two attached hydrogens (primary N) is 1. The maximum absolute atomic E-state index is 11.8. The summed E-state index contributed by atoms with van der Waals surface area (Å²) in [6.45, 7) is 2.81. The minimum Gasteiger partial charge on any atom is -0.492 e. The van der Waals surface area contributed by atoms with Crippen LogP contribution in [0.1, 0.15) is 5.69 Å². The van der Waals surface area contributed by atoms with Crippen LogP contribution in [0.4, 0.5) is 5.69 Å². The number of halogens is 1. The number of benzene rings is 1. The molecule has 0 bridgehead atoms. The molecule has 0 saturated carbocycles. The average Bonchev–Trinajstić information content (AvgIpc) is 2.38. The van der Waals surface area contributed by atoms with Crippen LogP contribution in [0.25, 0.3) is 0 Å². The van der Waals surface area contributed by atoms with Gasteiger partial charge in [0.25, 0.3) is 5.56 Å². The molecule has 1 aromatic heterocycles. The minimum absolute atomic E-state index is 0.0307. The Hall–Kier alpha value is -1.75. The van der Waals surface area contributed by atoms with Crippen LogP contribution in [0.5, 0.6) is 5.75 Å². The zero-order chi connectivity index (χ0) is 13.8. The molecule has 0 aliphatic rings. The molecule has 2 aromatic rings. The summed E-state index contributed by atoms with van der Waals surface area (Å²) in [5.41, 5.74) is 7.19. The summed E-state index contributed by atoms with van der Waals surface area (Å²) in [6, 6.07) is 10.5. The molecule has 1 aromatic carbocycles. The Morgan fingerprint density at radius 3 is 2.84 bits per heavy atom. The van der Waals surface area contributed by atoms with Gasteiger partial charge in [-0.25, -0.2) is 0 Å². The second-order valence-electron chi connectivity index (χ2n) is 4.18. The molecule has 0 atom stereocenters. The fraction of sp³-hybridized carbons (Fsp3) is 0.214. The van der Waals surface area contributed by atoms with Gasteiger partial charge in [0.15, 0.2) is 0 Å². The molecule has 0 amide bonds. The summed E-state index contributed by atoms with van der Waals surface area (Å²) >= 11 is 3.41. The van der Waals surface area contributed by atoms with Crippen molar-refractivity contribution >= 4 is 21.6 Å². The first kappa shape index (κ1) is 13.7. The van der Waals surface area contributed by atoms with E-state index in [1.807, 2.05) is 19.1 Å². The smallest absolute Gasteiger partial charge is 0.250 e. The summed E-state index contributed by atoms with van der Waals surface area (Å²) in [4.78, 5) is 11.8. The van der Waals surface area contributed by atoms with Gasteiger partial charge in [0, 0.05) is 28.0 Å². The molecule has 0 unspecified atom stereocenters. The van der Waals surface area contributed by atoms with Gasteiger partial charge in [0.1, 0.15) is 12.4 Å². The SMILES string of the molecule is Cc1c(Br)ccc(=O)n1CCOc1cccc(N)c1.